The zero-order chi connectivity index (χ0) is 19.4. The molecule has 0 spiro atoms. The Morgan fingerprint density at radius 2 is 1.73 bits per heavy atom. The molecule has 1 aromatic rings. The molecule has 7 heteroatoms. The molecule has 0 heterocycles. The minimum atomic E-state index is -0.338. The third-order valence-corrected chi connectivity index (χ3v) is 3.75. The van der Waals surface area contributed by atoms with Gasteiger partial charge in [0.15, 0.2) is 0 Å². The zero-order valence-corrected chi connectivity index (χ0v) is 15.8. The molecule has 0 aliphatic rings. The van der Waals surface area contributed by atoms with E-state index in [4.69, 9.17) is 4.74 Å². The van der Waals surface area contributed by atoms with Gasteiger partial charge in [-0.1, -0.05) is 20.3 Å². The molecule has 0 bridgehead atoms. The number of hydrogen-bond acceptors (Lipinski definition) is 4. The molecular weight excluding hydrogens is 334 g/mol. The monoisotopic (exact) mass is 363 g/mol. The second kappa shape index (κ2) is 11.9. The Morgan fingerprint density at radius 3 is 2.31 bits per heavy atom. The molecule has 26 heavy (non-hydrogen) atoms. The first kappa shape index (κ1) is 21.5. The third-order valence-electron chi connectivity index (χ3n) is 3.75. The molecule has 3 amide bonds. The van der Waals surface area contributed by atoms with Gasteiger partial charge >= 0.3 is 0 Å². The number of nitrogens with zero attached hydrogens (tertiary/aromatic N) is 1. The molecule has 7 nitrogen and oxygen atoms in total. The van der Waals surface area contributed by atoms with Crippen molar-refractivity contribution in [1.82, 2.24) is 10.2 Å². The lowest BCUT2D eigenvalue weighted by Crippen LogP contribution is -2.43. The van der Waals surface area contributed by atoms with Crippen LogP contribution in [-0.4, -0.2) is 49.4 Å². The van der Waals surface area contributed by atoms with Crippen molar-refractivity contribution in [3.05, 3.63) is 24.3 Å². The van der Waals surface area contributed by atoms with Gasteiger partial charge < -0.3 is 20.3 Å². The largest absolute Gasteiger partial charge is 0.497 e. The number of carbonyl (C=O) groups excluding carboxylic acids is 3. The second-order valence-electron chi connectivity index (χ2n) is 5.97. The Balaban J connectivity index is 2.44. The smallest absolute Gasteiger partial charge is 0.243 e. The molecule has 0 saturated carbocycles. The van der Waals surface area contributed by atoms with E-state index in [0.29, 0.717) is 24.4 Å². The number of carbonyl (C=O) groups is 3. The average molecular weight is 363 g/mol. The second-order valence-corrected chi connectivity index (χ2v) is 5.97. The van der Waals surface area contributed by atoms with Crippen molar-refractivity contribution < 1.29 is 19.1 Å². The fraction of sp³-hybridized carbons (Fsp3) is 0.526. The predicted octanol–water partition coefficient (Wildman–Crippen LogP) is 2.18. The minimum absolute atomic E-state index is 0.0192. The lowest BCUT2D eigenvalue weighted by Gasteiger charge is -2.21. The maximum Gasteiger partial charge on any atom is 0.243 e. The van der Waals surface area contributed by atoms with Crippen LogP contribution in [0.25, 0.3) is 0 Å². The summed E-state index contributed by atoms with van der Waals surface area (Å²) in [7, 11) is 1.57. The van der Waals surface area contributed by atoms with Crippen molar-refractivity contribution in [3.63, 3.8) is 0 Å². The van der Waals surface area contributed by atoms with Crippen LogP contribution < -0.4 is 15.4 Å². The van der Waals surface area contributed by atoms with Crippen LogP contribution in [-0.2, 0) is 14.4 Å². The molecule has 0 saturated heterocycles. The van der Waals surface area contributed by atoms with Gasteiger partial charge in [-0.15, -0.1) is 0 Å². The van der Waals surface area contributed by atoms with E-state index in [2.05, 4.69) is 10.6 Å². The van der Waals surface area contributed by atoms with Gasteiger partial charge in [-0.25, -0.2) is 0 Å². The molecular formula is C19H29N3O4. The first-order chi connectivity index (χ1) is 12.5. The van der Waals surface area contributed by atoms with Gasteiger partial charge in [0, 0.05) is 18.7 Å². The van der Waals surface area contributed by atoms with Crippen molar-refractivity contribution in [2.24, 2.45) is 0 Å². The average Bonchev–Trinajstić information content (AvgIpc) is 2.64. The van der Waals surface area contributed by atoms with E-state index in [1.54, 1.807) is 36.3 Å². The van der Waals surface area contributed by atoms with E-state index in [1.165, 1.54) is 0 Å². The fourth-order valence-electron chi connectivity index (χ4n) is 2.30. The van der Waals surface area contributed by atoms with Crippen LogP contribution in [0.2, 0.25) is 0 Å². The topological polar surface area (TPSA) is 87.7 Å². The SMILES string of the molecule is CCCCN(CC(=O)NCC(=O)Nc1ccc(OC)cc1)C(=O)CCC. The Morgan fingerprint density at radius 1 is 1.04 bits per heavy atom. The summed E-state index contributed by atoms with van der Waals surface area (Å²) in [6, 6.07) is 6.90. The van der Waals surface area contributed by atoms with Crippen molar-refractivity contribution >= 4 is 23.4 Å². The molecule has 144 valence electrons. The van der Waals surface area contributed by atoms with E-state index >= 15 is 0 Å². The van der Waals surface area contributed by atoms with Crippen LogP contribution >= 0.6 is 0 Å². The van der Waals surface area contributed by atoms with Crippen LogP contribution in [0.3, 0.4) is 0 Å². The van der Waals surface area contributed by atoms with Gasteiger partial charge in [0.1, 0.15) is 5.75 Å². The minimum Gasteiger partial charge on any atom is -0.497 e. The van der Waals surface area contributed by atoms with Crippen molar-refractivity contribution in [1.29, 1.82) is 0 Å². The normalized spacial score (nSPS) is 10.1. The summed E-state index contributed by atoms with van der Waals surface area (Å²) in [4.78, 5) is 37.6. The number of ether oxygens (including phenoxy) is 1. The van der Waals surface area contributed by atoms with E-state index in [1.807, 2.05) is 13.8 Å². The predicted molar refractivity (Wildman–Crippen MR) is 101 cm³/mol. The van der Waals surface area contributed by atoms with Crippen LogP contribution in [0, 0.1) is 0 Å². The maximum absolute atomic E-state index is 12.1. The standard InChI is InChI=1S/C19H29N3O4/c1-4-6-12-22(19(25)7-5-2)14-18(24)20-13-17(23)21-15-8-10-16(26-3)11-9-15/h8-11H,4-7,12-14H2,1-3H3,(H,20,24)(H,21,23). The first-order valence-electron chi connectivity index (χ1n) is 8.98. The Bertz CT molecular complexity index is 587. The van der Waals surface area contributed by atoms with E-state index in [0.717, 1.165) is 19.3 Å². The molecule has 0 atom stereocenters. The number of nitrogens with one attached hydrogen (secondary N) is 2. The lowest BCUT2D eigenvalue weighted by atomic mass is 10.2. The molecule has 0 radical (unpaired) electrons. The highest BCUT2D eigenvalue weighted by Gasteiger charge is 2.16. The Kier molecular flexibility index (Phi) is 9.82. The highest BCUT2D eigenvalue weighted by molar-refractivity contribution is 5.95. The maximum atomic E-state index is 12.1. The molecule has 1 rings (SSSR count). The number of amides is 3. The molecule has 0 aliphatic heterocycles. The Hall–Kier alpha value is -2.57. The van der Waals surface area contributed by atoms with Crippen LogP contribution in [0.15, 0.2) is 24.3 Å². The highest BCUT2D eigenvalue weighted by atomic mass is 16.5. The van der Waals surface area contributed by atoms with Gasteiger partial charge in [0.2, 0.25) is 17.7 Å². The van der Waals surface area contributed by atoms with Gasteiger partial charge in [0.05, 0.1) is 20.2 Å². The summed E-state index contributed by atoms with van der Waals surface area (Å²) < 4.78 is 5.05. The van der Waals surface area contributed by atoms with E-state index in [9.17, 15) is 14.4 Å². The zero-order valence-electron chi connectivity index (χ0n) is 15.8. The van der Waals surface area contributed by atoms with E-state index in [-0.39, 0.29) is 30.8 Å². The third kappa shape index (κ3) is 8.00. The molecule has 0 aliphatic carbocycles. The molecule has 2 N–H and O–H groups in total. The van der Waals surface area contributed by atoms with Gasteiger partial charge in [-0.3, -0.25) is 14.4 Å². The summed E-state index contributed by atoms with van der Waals surface area (Å²) in [6.45, 7) is 4.36. The fourth-order valence-corrected chi connectivity index (χ4v) is 2.30. The van der Waals surface area contributed by atoms with E-state index < -0.39 is 0 Å². The number of anilines is 1. The Labute approximate surface area is 155 Å². The van der Waals surface area contributed by atoms with Crippen molar-refractivity contribution in [3.8, 4) is 5.75 Å². The summed E-state index contributed by atoms with van der Waals surface area (Å²) >= 11 is 0. The van der Waals surface area contributed by atoms with Crippen LogP contribution in [0.5, 0.6) is 5.75 Å². The number of methoxy groups -OCH3 is 1. The van der Waals surface area contributed by atoms with Crippen molar-refractivity contribution in [2.45, 2.75) is 39.5 Å². The molecule has 1 aromatic carbocycles. The molecule has 0 unspecified atom stereocenters. The van der Waals surface area contributed by atoms with Crippen molar-refractivity contribution in [2.75, 3.05) is 32.1 Å². The summed E-state index contributed by atoms with van der Waals surface area (Å²) in [6.07, 6.45) is 2.96. The number of unbranched alkanes of at least 4 members (excludes halogenated alkanes) is 1. The van der Waals surface area contributed by atoms with Gasteiger partial charge in [-0.05, 0) is 37.1 Å². The summed E-state index contributed by atoms with van der Waals surface area (Å²) in [5.41, 5.74) is 0.618. The molecule has 0 fully saturated rings. The highest BCUT2D eigenvalue weighted by Crippen LogP contribution is 2.14. The number of benzene rings is 1. The number of rotatable bonds is 11. The summed E-state index contributed by atoms with van der Waals surface area (Å²) in [5.74, 6) is -0.00190. The summed E-state index contributed by atoms with van der Waals surface area (Å²) in [5, 5.41) is 5.25. The quantitative estimate of drug-likeness (QED) is 0.631. The number of hydrogen-bond donors (Lipinski definition) is 2. The van der Waals surface area contributed by atoms with Gasteiger partial charge in [0.25, 0.3) is 0 Å². The lowest BCUT2D eigenvalue weighted by molar-refractivity contribution is -0.136. The molecule has 0 aromatic heterocycles. The van der Waals surface area contributed by atoms with Gasteiger partial charge in [-0.2, -0.15) is 0 Å². The first-order valence-corrected chi connectivity index (χ1v) is 8.98. The van der Waals surface area contributed by atoms with Crippen LogP contribution in [0.4, 0.5) is 5.69 Å². The van der Waals surface area contributed by atoms with Crippen LogP contribution in [0.1, 0.15) is 39.5 Å².